The number of rotatable bonds is 8. The molecule has 0 fully saturated rings. The standard InChI is InChI=1S/C21H24N4O5/c1-4-5-8-29-15-7-6-12(9-16(15)27-2)18-13(11-22)20(23)30-21-19(18)14(24-25-21)10-17(26)28-3/h6-7,9,18H,4-5,8,10,23H2,1-3H3,(H,24,25). The summed E-state index contributed by atoms with van der Waals surface area (Å²) in [6, 6.07) is 7.55. The molecule has 0 radical (unpaired) electrons. The third kappa shape index (κ3) is 4.03. The SMILES string of the molecule is CCCCOc1ccc(C2C(C#N)=C(N)Oc3n[nH]c(CC(=O)OC)c32)cc1OC. The average Bonchev–Trinajstić information content (AvgIpc) is 3.14. The lowest BCUT2D eigenvalue weighted by atomic mass is 9.83. The number of H-pyrrole nitrogens is 1. The van der Waals surface area contributed by atoms with E-state index in [1.807, 2.05) is 6.07 Å². The van der Waals surface area contributed by atoms with Gasteiger partial charge in [0.2, 0.25) is 11.8 Å². The number of carbonyl (C=O) groups excluding carboxylic acids is 1. The van der Waals surface area contributed by atoms with Crippen LogP contribution in [0, 0.1) is 11.3 Å². The first kappa shape index (κ1) is 21.0. The Morgan fingerprint density at radius 1 is 1.37 bits per heavy atom. The Kier molecular flexibility index (Phi) is 6.47. The number of hydrogen-bond donors (Lipinski definition) is 2. The molecule has 1 aromatic carbocycles. The zero-order chi connectivity index (χ0) is 21.7. The molecule has 1 aromatic heterocycles. The van der Waals surface area contributed by atoms with Crippen molar-refractivity contribution in [2.24, 2.45) is 5.73 Å². The number of benzene rings is 1. The molecule has 1 atom stereocenters. The summed E-state index contributed by atoms with van der Waals surface area (Å²) >= 11 is 0. The first-order chi connectivity index (χ1) is 14.5. The van der Waals surface area contributed by atoms with Gasteiger partial charge in [-0.15, -0.1) is 5.10 Å². The molecule has 9 heteroatoms. The molecule has 0 spiro atoms. The molecule has 30 heavy (non-hydrogen) atoms. The number of aromatic nitrogens is 2. The summed E-state index contributed by atoms with van der Waals surface area (Å²) in [7, 11) is 2.86. The van der Waals surface area contributed by atoms with E-state index >= 15 is 0 Å². The number of ether oxygens (including phenoxy) is 4. The average molecular weight is 412 g/mol. The molecular formula is C21H24N4O5. The van der Waals surface area contributed by atoms with Crippen LogP contribution in [0.25, 0.3) is 0 Å². The van der Waals surface area contributed by atoms with E-state index in [1.54, 1.807) is 19.2 Å². The number of methoxy groups -OCH3 is 2. The van der Waals surface area contributed by atoms with Crippen LogP contribution in [0.1, 0.15) is 42.5 Å². The number of fused-ring (bicyclic) bond motifs is 1. The van der Waals surface area contributed by atoms with Gasteiger partial charge >= 0.3 is 5.97 Å². The fourth-order valence-electron chi connectivity index (χ4n) is 3.30. The van der Waals surface area contributed by atoms with E-state index in [2.05, 4.69) is 23.2 Å². The van der Waals surface area contributed by atoms with Gasteiger partial charge in [0.1, 0.15) is 11.6 Å². The highest BCUT2D eigenvalue weighted by Crippen LogP contribution is 2.44. The molecule has 158 valence electrons. The molecule has 0 saturated heterocycles. The van der Waals surface area contributed by atoms with Crippen molar-refractivity contribution in [2.75, 3.05) is 20.8 Å². The molecule has 2 aromatic rings. The van der Waals surface area contributed by atoms with Crippen molar-refractivity contribution in [3.8, 4) is 23.4 Å². The monoisotopic (exact) mass is 412 g/mol. The van der Waals surface area contributed by atoms with Gasteiger partial charge in [0.15, 0.2) is 11.5 Å². The normalized spacial score (nSPS) is 15.1. The van der Waals surface area contributed by atoms with Crippen molar-refractivity contribution in [1.82, 2.24) is 10.2 Å². The number of nitrogens with one attached hydrogen (secondary N) is 1. The molecule has 2 heterocycles. The van der Waals surface area contributed by atoms with Crippen molar-refractivity contribution >= 4 is 5.97 Å². The predicted octanol–water partition coefficient (Wildman–Crippen LogP) is 2.53. The number of nitrogens with zero attached hydrogens (tertiary/aromatic N) is 2. The molecule has 0 amide bonds. The summed E-state index contributed by atoms with van der Waals surface area (Å²) in [5.74, 6) is 0.296. The molecular weight excluding hydrogens is 388 g/mol. The maximum absolute atomic E-state index is 11.8. The lowest BCUT2D eigenvalue weighted by Crippen LogP contribution is -2.22. The maximum Gasteiger partial charge on any atom is 0.311 e. The van der Waals surface area contributed by atoms with Crippen LogP contribution in [0.15, 0.2) is 29.7 Å². The van der Waals surface area contributed by atoms with Gasteiger partial charge in [0.25, 0.3) is 0 Å². The lowest BCUT2D eigenvalue weighted by molar-refractivity contribution is -0.139. The number of hydrogen-bond acceptors (Lipinski definition) is 8. The highest BCUT2D eigenvalue weighted by atomic mass is 16.5. The van der Waals surface area contributed by atoms with Gasteiger partial charge in [-0.3, -0.25) is 9.89 Å². The number of nitrogens with two attached hydrogens (primary N) is 1. The third-order valence-electron chi connectivity index (χ3n) is 4.84. The molecule has 1 unspecified atom stereocenters. The quantitative estimate of drug-likeness (QED) is 0.499. The van der Waals surface area contributed by atoms with Gasteiger partial charge in [-0.25, -0.2) is 0 Å². The van der Waals surface area contributed by atoms with E-state index < -0.39 is 11.9 Å². The van der Waals surface area contributed by atoms with Crippen LogP contribution in [0.3, 0.4) is 0 Å². The van der Waals surface area contributed by atoms with Crippen molar-refractivity contribution in [1.29, 1.82) is 5.26 Å². The first-order valence-corrected chi connectivity index (χ1v) is 9.56. The fraction of sp³-hybridized carbons (Fsp3) is 0.381. The minimum Gasteiger partial charge on any atom is -0.493 e. The second kappa shape index (κ2) is 9.22. The minimum atomic E-state index is -0.587. The van der Waals surface area contributed by atoms with Crippen LogP contribution in [0.4, 0.5) is 0 Å². The predicted molar refractivity (Wildman–Crippen MR) is 107 cm³/mol. The van der Waals surface area contributed by atoms with E-state index in [1.165, 1.54) is 7.11 Å². The summed E-state index contributed by atoms with van der Waals surface area (Å²) < 4.78 is 21.6. The van der Waals surface area contributed by atoms with Crippen LogP contribution in [-0.4, -0.2) is 37.0 Å². The Labute approximate surface area is 174 Å². The van der Waals surface area contributed by atoms with Crippen molar-refractivity contribution in [3.05, 3.63) is 46.5 Å². The second-order valence-corrected chi connectivity index (χ2v) is 6.71. The highest BCUT2D eigenvalue weighted by Gasteiger charge is 2.36. The molecule has 9 nitrogen and oxygen atoms in total. The van der Waals surface area contributed by atoms with E-state index in [-0.39, 0.29) is 23.8 Å². The Bertz CT molecular complexity index is 1010. The first-order valence-electron chi connectivity index (χ1n) is 9.56. The third-order valence-corrected chi connectivity index (χ3v) is 4.84. The van der Waals surface area contributed by atoms with Crippen LogP contribution >= 0.6 is 0 Å². The molecule has 0 bridgehead atoms. The Balaban J connectivity index is 2.07. The van der Waals surface area contributed by atoms with Gasteiger partial charge in [-0.1, -0.05) is 19.4 Å². The largest absolute Gasteiger partial charge is 0.493 e. The Morgan fingerprint density at radius 3 is 2.83 bits per heavy atom. The summed E-state index contributed by atoms with van der Waals surface area (Å²) in [6.07, 6.45) is 1.90. The van der Waals surface area contributed by atoms with Gasteiger partial charge in [-0.05, 0) is 24.1 Å². The Hall–Kier alpha value is -3.67. The number of allylic oxidation sites excluding steroid dienone is 1. The van der Waals surface area contributed by atoms with Crippen LogP contribution in [0.2, 0.25) is 0 Å². The second-order valence-electron chi connectivity index (χ2n) is 6.71. The topological polar surface area (TPSA) is 132 Å². The minimum absolute atomic E-state index is 0.0339. The number of carbonyl (C=O) groups is 1. The van der Waals surface area contributed by atoms with E-state index in [4.69, 9.17) is 24.7 Å². The highest BCUT2D eigenvalue weighted by molar-refractivity contribution is 5.73. The van der Waals surface area contributed by atoms with Crippen LogP contribution in [0.5, 0.6) is 17.4 Å². The summed E-state index contributed by atoms with van der Waals surface area (Å²) in [4.78, 5) is 11.8. The maximum atomic E-state index is 11.8. The van der Waals surface area contributed by atoms with E-state index in [9.17, 15) is 10.1 Å². The zero-order valence-electron chi connectivity index (χ0n) is 17.2. The fourth-order valence-corrected chi connectivity index (χ4v) is 3.30. The molecule has 3 N–H and O–H groups in total. The van der Waals surface area contributed by atoms with Crippen LogP contribution in [-0.2, 0) is 16.0 Å². The molecule has 3 rings (SSSR count). The molecule has 1 aliphatic rings. The van der Waals surface area contributed by atoms with Crippen molar-refractivity contribution in [2.45, 2.75) is 32.1 Å². The molecule has 0 aliphatic carbocycles. The molecule has 1 aliphatic heterocycles. The van der Waals surface area contributed by atoms with Gasteiger partial charge < -0.3 is 24.7 Å². The van der Waals surface area contributed by atoms with Crippen molar-refractivity contribution in [3.63, 3.8) is 0 Å². The summed E-state index contributed by atoms with van der Waals surface area (Å²) in [5.41, 5.74) is 7.98. The van der Waals surface area contributed by atoms with Gasteiger partial charge in [-0.2, -0.15) is 5.26 Å². The summed E-state index contributed by atoms with van der Waals surface area (Å²) in [5, 5.41) is 16.7. The number of esters is 1. The van der Waals surface area contributed by atoms with E-state index in [0.717, 1.165) is 18.4 Å². The number of aromatic amines is 1. The molecule has 0 saturated carbocycles. The lowest BCUT2D eigenvalue weighted by Gasteiger charge is -2.24. The van der Waals surface area contributed by atoms with Crippen LogP contribution < -0.4 is 19.9 Å². The zero-order valence-corrected chi connectivity index (χ0v) is 17.2. The number of nitriles is 1. The summed E-state index contributed by atoms with van der Waals surface area (Å²) in [6.45, 7) is 2.67. The number of unbranched alkanes of at least 4 members (excludes halogenated alkanes) is 1. The van der Waals surface area contributed by atoms with Crippen molar-refractivity contribution < 1.29 is 23.7 Å². The smallest absolute Gasteiger partial charge is 0.311 e. The van der Waals surface area contributed by atoms with Gasteiger partial charge in [0, 0.05) is 0 Å². The Morgan fingerprint density at radius 2 is 2.17 bits per heavy atom. The van der Waals surface area contributed by atoms with Gasteiger partial charge in [0.05, 0.1) is 44.4 Å². The van der Waals surface area contributed by atoms with E-state index in [0.29, 0.717) is 29.4 Å².